The molecule has 144 valence electrons. The van der Waals surface area contributed by atoms with E-state index < -0.39 is 7.92 Å². The van der Waals surface area contributed by atoms with Gasteiger partial charge in [0, 0.05) is 20.0 Å². The van der Waals surface area contributed by atoms with Gasteiger partial charge in [-0.25, -0.2) is 0 Å². The SMILES string of the molecule is CC(=O)N1CCCCC1.c1ccc(P(c2ccccc2)c2ccccc2)cc1. The highest BCUT2D eigenvalue weighted by Crippen LogP contribution is 2.32. The molecular weight excluding hydrogens is 361 g/mol. The fourth-order valence-corrected chi connectivity index (χ4v) is 5.69. The summed E-state index contributed by atoms with van der Waals surface area (Å²) in [5, 5.41) is 4.19. The second-order valence-corrected chi connectivity index (χ2v) is 9.13. The lowest BCUT2D eigenvalue weighted by Gasteiger charge is -2.24. The summed E-state index contributed by atoms with van der Waals surface area (Å²) >= 11 is 0. The maximum absolute atomic E-state index is 10.7. The van der Waals surface area contributed by atoms with Gasteiger partial charge in [-0.2, -0.15) is 0 Å². The van der Waals surface area contributed by atoms with E-state index in [0.717, 1.165) is 13.1 Å². The summed E-state index contributed by atoms with van der Waals surface area (Å²) in [6, 6.07) is 32.3. The minimum atomic E-state index is -0.446. The number of amides is 1. The molecule has 3 aromatic carbocycles. The van der Waals surface area contributed by atoms with Gasteiger partial charge in [-0.1, -0.05) is 91.0 Å². The lowest BCUT2D eigenvalue weighted by molar-refractivity contribution is -0.129. The molecular formula is C25H28NOP. The van der Waals surface area contributed by atoms with Crippen LogP contribution in [0.25, 0.3) is 0 Å². The Morgan fingerprint density at radius 3 is 1.29 bits per heavy atom. The van der Waals surface area contributed by atoms with Crippen molar-refractivity contribution >= 4 is 29.7 Å². The van der Waals surface area contributed by atoms with E-state index in [9.17, 15) is 4.79 Å². The van der Waals surface area contributed by atoms with Crippen LogP contribution in [-0.2, 0) is 4.79 Å². The molecule has 0 N–H and O–H groups in total. The number of carbonyl (C=O) groups is 1. The summed E-state index contributed by atoms with van der Waals surface area (Å²) in [7, 11) is -0.446. The molecule has 0 saturated carbocycles. The van der Waals surface area contributed by atoms with Crippen molar-refractivity contribution in [3.8, 4) is 0 Å². The van der Waals surface area contributed by atoms with Gasteiger partial charge in [-0.3, -0.25) is 4.79 Å². The third-order valence-electron chi connectivity index (χ3n) is 4.84. The van der Waals surface area contributed by atoms with Crippen molar-refractivity contribution in [3.63, 3.8) is 0 Å². The molecule has 2 nitrogen and oxygen atoms in total. The molecule has 3 heteroatoms. The lowest BCUT2D eigenvalue weighted by Crippen LogP contribution is -2.33. The molecule has 0 aromatic heterocycles. The minimum absolute atomic E-state index is 0.231. The van der Waals surface area contributed by atoms with Crippen LogP contribution in [0.5, 0.6) is 0 Å². The first-order chi connectivity index (χ1) is 13.8. The molecule has 0 aliphatic carbocycles. The van der Waals surface area contributed by atoms with Gasteiger partial charge in [-0.15, -0.1) is 0 Å². The molecule has 0 spiro atoms. The minimum Gasteiger partial charge on any atom is -0.343 e. The standard InChI is InChI=1S/C18H15P.C7H13NO/c1-4-10-16(11-5-1)19(17-12-6-2-7-13-17)18-14-8-3-9-15-18;1-7(9)8-5-3-2-4-6-8/h1-15H;2-6H2,1H3. The van der Waals surface area contributed by atoms with Gasteiger partial charge < -0.3 is 4.90 Å². The smallest absolute Gasteiger partial charge is 0.219 e. The zero-order valence-corrected chi connectivity index (χ0v) is 17.4. The van der Waals surface area contributed by atoms with E-state index in [1.807, 2.05) is 4.90 Å². The fraction of sp³-hybridized carbons (Fsp3) is 0.240. The van der Waals surface area contributed by atoms with Crippen molar-refractivity contribution in [3.05, 3.63) is 91.0 Å². The van der Waals surface area contributed by atoms with Gasteiger partial charge in [0.25, 0.3) is 0 Å². The maximum Gasteiger partial charge on any atom is 0.219 e. The monoisotopic (exact) mass is 389 g/mol. The van der Waals surface area contributed by atoms with E-state index in [-0.39, 0.29) is 5.91 Å². The lowest BCUT2D eigenvalue weighted by atomic mass is 10.1. The number of rotatable bonds is 3. The van der Waals surface area contributed by atoms with Crippen LogP contribution in [0.4, 0.5) is 0 Å². The molecule has 0 bridgehead atoms. The molecule has 1 heterocycles. The van der Waals surface area contributed by atoms with Crippen molar-refractivity contribution in [2.45, 2.75) is 26.2 Å². The Morgan fingerprint density at radius 2 is 1.00 bits per heavy atom. The van der Waals surface area contributed by atoms with Crippen LogP contribution in [0.2, 0.25) is 0 Å². The number of nitrogens with zero attached hydrogens (tertiary/aromatic N) is 1. The predicted octanol–water partition coefficient (Wildman–Crippen LogP) is 4.46. The number of hydrogen-bond acceptors (Lipinski definition) is 1. The summed E-state index contributed by atoms with van der Waals surface area (Å²) in [6.45, 7) is 3.61. The van der Waals surface area contributed by atoms with Crippen LogP contribution in [0, 0.1) is 0 Å². The number of piperidine rings is 1. The van der Waals surface area contributed by atoms with Gasteiger partial charge >= 0.3 is 0 Å². The zero-order valence-electron chi connectivity index (χ0n) is 16.5. The van der Waals surface area contributed by atoms with Crippen LogP contribution in [0.15, 0.2) is 91.0 Å². The second-order valence-electron chi connectivity index (χ2n) is 6.91. The topological polar surface area (TPSA) is 20.3 Å². The number of benzene rings is 3. The number of hydrogen-bond donors (Lipinski definition) is 0. The van der Waals surface area contributed by atoms with Crippen molar-refractivity contribution in [1.82, 2.24) is 4.90 Å². The molecule has 0 unspecified atom stereocenters. The average Bonchev–Trinajstić information content (AvgIpc) is 2.77. The molecule has 1 amide bonds. The highest BCUT2D eigenvalue weighted by molar-refractivity contribution is 7.79. The van der Waals surface area contributed by atoms with E-state index in [1.165, 1.54) is 35.2 Å². The van der Waals surface area contributed by atoms with E-state index in [0.29, 0.717) is 0 Å². The van der Waals surface area contributed by atoms with Gasteiger partial charge in [0.1, 0.15) is 0 Å². The van der Waals surface area contributed by atoms with Crippen molar-refractivity contribution in [1.29, 1.82) is 0 Å². The summed E-state index contributed by atoms with van der Waals surface area (Å²) in [6.07, 6.45) is 3.68. The molecule has 3 aromatic rings. The average molecular weight is 389 g/mol. The number of carbonyl (C=O) groups excluding carboxylic acids is 1. The van der Waals surface area contributed by atoms with Gasteiger partial charge in [-0.05, 0) is 43.1 Å². The molecule has 1 aliphatic heterocycles. The summed E-state index contributed by atoms with van der Waals surface area (Å²) in [5.74, 6) is 0.231. The first-order valence-electron chi connectivity index (χ1n) is 9.96. The maximum atomic E-state index is 10.7. The molecule has 0 atom stereocenters. The van der Waals surface area contributed by atoms with Crippen LogP contribution < -0.4 is 15.9 Å². The van der Waals surface area contributed by atoms with E-state index in [1.54, 1.807) is 6.92 Å². The molecule has 4 rings (SSSR count). The van der Waals surface area contributed by atoms with Gasteiger partial charge in [0.05, 0.1) is 0 Å². The Morgan fingerprint density at radius 1 is 0.643 bits per heavy atom. The number of likely N-dealkylation sites (tertiary alicyclic amines) is 1. The largest absolute Gasteiger partial charge is 0.343 e. The normalized spacial score (nSPS) is 13.6. The van der Waals surface area contributed by atoms with Crippen LogP contribution in [0.1, 0.15) is 26.2 Å². The highest BCUT2D eigenvalue weighted by Gasteiger charge is 2.15. The predicted molar refractivity (Wildman–Crippen MR) is 121 cm³/mol. The zero-order chi connectivity index (χ0) is 19.6. The van der Waals surface area contributed by atoms with Crippen LogP contribution in [0.3, 0.4) is 0 Å². The van der Waals surface area contributed by atoms with Crippen LogP contribution in [-0.4, -0.2) is 23.9 Å². The molecule has 28 heavy (non-hydrogen) atoms. The second kappa shape index (κ2) is 10.8. The quantitative estimate of drug-likeness (QED) is 0.606. The Bertz CT molecular complexity index is 736. The summed E-state index contributed by atoms with van der Waals surface area (Å²) in [5.41, 5.74) is 0. The Kier molecular flexibility index (Phi) is 7.82. The molecule has 1 fully saturated rings. The fourth-order valence-electron chi connectivity index (χ4n) is 3.39. The van der Waals surface area contributed by atoms with E-state index in [2.05, 4.69) is 91.0 Å². The van der Waals surface area contributed by atoms with E-state index in [4.69, 9.17) is 0 Å². The highest BCUT2D eigenvalue weighted by atomic mass is 31.1. The van der Waals surface area contributed by atoms with E-state index >= 15 is 0 Å². The molecule has 1 aliphatic rings. The third kappa shape index (κ3) is 5.78. The summed E-state index contributed by atoms with van der Waals surface area (Å²) < 4.78 is 0. The first-order valence-corrected chi connectivity index (χ1v) is 11.3. The Labute approximate surface area is 170 Å². The van der Waals surface area contributed by atoms with Gasteiger partial charge in [0.15, 0.2) is 0 Å². The van der Waals surface area contributed by atoms with Gasteiger partial charge in [0.2, 0.25) is 5.91 Å². The van der Waals surface area contributed by atoms with Crippen LogP contribution >= 0.6 is 7.92 Å². The third-order valence-corrected chi connectivity index (χ3v) is 7.29. The van der Waals surface area contributed by atoms with Crippen molar-refractivity contribution in [2.24, 2.45) is 0 Å². The van der Waals surface area contributed by atoms with Crippen molar-refractivity contribution < 1.29 is 4.79 Å². The molecule has 0 radical (unpaired) electrons. The first kappa shape index (κ1) is 20.3. The van der Waals surface area contributed by atoms with Crippen molar-refractivity contribution in [2.75, 3.05) is 13.1 Å². The summed E-state index contributed by atoms with van der Waals surface area (Å²) in [4.78, 5) is 12.6. The Hall–Kier alpha value is -2.44. The molecule has 1 saturated heterocycles. The Balaban J connectivity index is 0.000000211.